The molecule has 2 amide bonds. The molecule has 134 valence electrons. The van der Waals surface area contributed by atoms with Gasteiger partial charge in [0.2, 0.25) is 0 Å². The summed E-state index contributed by atoms with van der Waals surface area (Å²) in [6.07, 6.45) is 0.711. The molecule has 0 aromatic heterocycles. The third-order valence-electron chi connectivity index (χ3n) is 3.82. The lowest BCUT2D eigenvalue weighted by atomic mass is 10.3. The summed E-state index contributed by atoms with van der Waals surface area (Å²) in [6, 6.07) is 5.44. The molecule has 2 N–H and O–H groups in total. The summed E-state index contributed by atoms with van der Waals surface area (Å²) >= 11 is 9.43. The van der Waals surface area contributed by atoms with E-state index >= 15 is 0 Å². The Balaban J connectivity index is 1.59. The normalized spacial score (nSPS) is 15.4. The second-order valence-electron chi connectivity index (χ2n) is 5.56. The zero-order chi connectivity index (χ0) is 17.4. The Kier molecular flexibility index (Phi) is 8.11. The number of hydrogen-bond donors (Lipinski definition) is 2. The fourth-order valence-electron chi connectivity index (χ4n) is 2.47. The molecule has 0 atom stereocenters. The van der Waals surface area contributed by atoms with Crippen molar-refractivity contribution in [1.29, 1.82) is 0 Å². The number of aliphatic hydroxyl groups excluding tert-OH is 1. The summed E-state index contributed by atoms with van der Waals surface area (Å²) in [4.78, 5) is 16.0. The topological polar surface area (TPSA) is 65.0 Å². The smallest absolute Gasteiger partial charge is 0.317 e. The van der Waals surface area contributed by atoms with Crippen LogP contribution >= 0.6 is 27.5 Å². The lowest BCUT2D eigenvalue weighted by Gasteiger charge is -2.34. The summed E-state index contributed by atoms with van der Waals surface area (Å²) in [7, 11) is 0. The highest BCUT2D eigenvalue weighted by Crippen LogP contribution is 2.27. The number of hydrogen-bond acceptors (Lipinski definition) is 4. The first-order valence-corrected chi connectivity index (χ1v) is 9.21. The molecule has 1 aliphatic rings. The van der Waals surface area contributed by atoms with E-state index in [1.54, 1.807) is 11.0 Å². The molecule has 0 bridgehead atoms. The second kappa shape index (κ2) is 10.1. The SMILES string of the molecule is O=C(NCCCOc1ccc(Br)cc1Cl)N1CCN(CCO)CC1. The number of ether oxygens (including phenoxy) is 1. The van der Waals surface area contributed by atoms with Crippen molar-refractivity contribution < 1.29 is 14.6 Å². The number of nitrogens with one attached hydrogen (secondary N) is 1. The monoisotopic (exact) mass is 419 g/mol. The quantitative estimate of drug-likeness (QED) is 0.664. The van der Waals surface area contributed by atoms with Crippen LogP contribution in [0.5, 0.6) is 5.75 Å². The average Bonchev–Trinajstić information content (AvgIpc) is 2.57. The van der Waals surface area contributed by atoms with Gasteiger partial charge in [0.15, 0.2) is 0 Å². The highest BCUT2D eigenvalue weighted by molar-refractivity contribution is 9.10. The Bertz CT molecular complexity index is 539. The maximum Gasteiger partial charge on any atom is 0.317 e. The van der Waals surface area contributed by atoms with Crippen molar-refractivity contribution in [3.63, 3.8) is 0 Å². The number of aliphatic hydroxyl groups is 1. The van der Waals surface area contributed by atoms with E-state index in [0.29, 0.717) is 50.0 Å². The minimum Gasteiger partial charge on any atom is -0.492 e. The van der Waals surface area contributed by atoms with Gasteiger partial charge >= 0.3 is 6.03 Å². The van der Waals surface area contributed by atoms with E-state index in [1.165, 1.54) is 0 Å². The summed E-state index contributed by atoms with van der Waals surface area (Å²) in [5.41, 5.74) is 0. The van der Waals surface area contributed by atoms with Gasteiger partial charge in [-0.1, -0.05) is 27.5 Å². The van der Waals surface area contributed by atoms with E-state index in [9.17, 15) is 4.79 Å². The third-order valence-corrected chi connectivity index (χ3v) is 4.61. The number of β-amino-alcohol motifs (C(OH)–C–C–N with tert-alkyl or cyclic N) is 1. The van der Waals surface area contributed by atoms with Crippen LogP contribution in [0.15, 0.2) is 22.7 Å². The van der Waals surface area contributed by atoms with Gasteiger partial charge < -0.3 is 20.1 Å². The first-order valence-electron chi connectivity index (χ1n) is 8.04. The van der Waals surface area contributed by atoms with Gasteiger partial charge in [0, 0.05) is 43.7 Å². The van der Waals surface area contributed by atoms with Gasteiger partial charge in [0.05, 0.1) is 18.2 Å². The molecule has 24 heavy (non-hydrogen) atoms. The van der Waals surface area contributed by atoms with Gasteiger partial charge in [-0.05, 0) is 24.6 Å². The lowest BCUT2D eigenvalue weighted by molar-refractivity contribution is 0.122. The maximum atomic E-state index is 12.1. The van der Waals surface area contributed by atoms with Crippen LogP contribution in [-0.2, 0) is 0 Å². The lowest BCUT2D eigenvalue weighted by Crippen LogP contribution is -2.52. The van der Waals surface area contributed by atoms with E-state index < -0.39 is 0 Å². The number of rotatable bonds is 7. The molecular formula is C16H23BrClN3O3. The summed E-state index contributed by atoms with van der Waals surface area (Å²) < 4.78 is 6.52. The summed E-state index contributed by atoms with van der Waals surface area (Å²) in [5, 5.41) is 12.4. The molecule has 0 saturated carbocycles. The molecule has 1 aliphatic heterocycles. The number of benzene rings is 1. The standard InChI is InChI=1S/C16H23BrClN3O3/c17-13-2-3-15(14(18)12-13)24-11-1-4-19-16(23)21-7-5-20(6-8-21)9-10-22/h2-3,12,22H,1,4-11H2,(H,19,23). The van der Waals surface area contributed by atoms with E-state index in [-0.39, 0.29) is 12.6 Å². The molecule has 0 aliphatic carbocycles. The minimum atomic E-state index is -0.0414. The van der Waals surface area contributed by atoms with Crippen LogP contribution in [0.3, 0.4) is 0 Å². The molecule has 0 unspecified atom stereocenters. The molecule has 1 fully saturated rings. The first-order chi connectivity index (χ1) is 11.6. The Morgan fingerprint density at radius 2 is 2.08 bits per heavy atom. The zero-order valence-electron chi connectivity index (χ0n) is 13.5. The number of amides is 2. The van der Waals surface area contributed by atoms with Gasteiger partial charge in [-0.2, -0.15) is 0 Å². The average molecular weight is 421 g/mol. The molecule has 0 spiro atoms. The highest BCUT2D eigenvalue weighted by atomic mass is 79.9. The van der Waals surface area contributed by atoms with Crippen LogP contribution in [0.2, 0.25) is 5.02 Å². The van der Waals surface area contributed by atoms with Crippen molar-refractivity contribution in [1.82, 2.24) is 15.1 Å². The number of piperazine rings is 1. The second-order valence-corrected chi connectivity index (χ2v) is 6.88. The van der Waals surface area contributed by atoms with Crippen LogP contribution in [0.25, 0.3) is 0 Å². The fraction of sp³-hybridized carbons (Fsp3) is 0.562. The molecule has 6 nitrogen and oxygen atoms in total. The van der Waals surface area contributed by atoms with E-state index in [4.69, 9.17) is 21.4 Å². The number of carbonyl (C=O) groups is 1. The van der Waals surface area contributed by atoms with E-state index in [1.807, 2.05) is 12.1 Å². The third kappa shape index (κ3) is 6.12. The van der Waals surface area contributed by atoms with Crippen molar-refractivity contribution >= 4 is 33.6 Å². The van der Waals surface area contributed by atoms with E-state index in [0.717, 1.165) is 17.6 Å². The molecule has 8 heteroatoms. The minimum absolute atomic E-state index is 0.0414. The summed E-state index contributed by atoms with van der Waals surface area (Å²) in [5.74, 6) is 0.645. The molecule has 1 aromatic carbocycles. The molecule has 0 radical (unpaired) electrons. The fourth-order valence-corrected chi connectivity index (χ4v) is 3.20. The predicted molar refractivity (Wildman–Crippen MR) is 97.8 cm³/mol. The maximum absolute atomic E-state index is 12.1. The molecule has 1 saturated heterocycles. The van der Waals surface area contributed by atoms with Gasteiger partial charge in [0.25, 0.3) is 0 Å². The Labute approximate surface area is 155 Å². The van der Waals surface area contributed by atoms with Crippen LogP contribution in [0.1, 0.15) is 6.42 Å². The predicted octanol–water partition coefficient (Wildman–Crippen LogP) is 2.19. The number of carbonyl (C=O) groups excluding carboxylic acids is 1. The number of nitrogens with zero attached hydrogens (tertiary/aromatic N) is 2. The molecular weight excluding hydrogens is 398 g/mol. The van der Waals surface area contributed by atoms with Crippen molar-refractivity contribution in [3.05, 3.63) is 27.7 Å². The molecule has 1 heterocycles. The van der Waals surface area contributed by atoms with Crippen LogP contribution in [0.4, 0.5) is 4.79 Å². The number of halogens is 2. The van der Waals surface area contributed by atoms with Crippen LogP contribution in [-0.4, -0.2) is 73.4 Å². The van der Waals surface area contributed by atoms with Crippen LogP contribution < -0.4 is 10.1 Å². The highest BCUT2D eigenvalue weighted by Gasteiger charge is 2.20. The Hall–Kier alpha value is -1.02. The largest absolute Gasteiger partial charge is 0.492 e. The number of urea groups is 1. The van der Waals surface area contributed by atoms with Crippen molar-refractivity contribution in [2.75, 3.05) is 52.5 Å². The first kappa shape index (κ1) is 19.3. The summed E-state index contributed by atoms with van der Waals surface area (Å²) in [6.45, 7) is 4.88. The van der Waals surface area contributed by atoms with Crippen molar-refractivity contribution in [3.8, 4) is 5.75 Å². The zero-order valence-corrected chi connectivity index (χ0v) is 15.9. The molecule has 1 aromatic rings. The Morgan fingerprint density at radius 1 is 1.33 bits per heavy atom. The van der Waals surface area contributed by atoms with Gasteiger partial charge in [-0.3, -0.25) is 4.90 Å². The molecule has 2 rings (SSSR count). The van der Waals surface area contributed by atoms with Gasteiger partial charge in [0.1, 0.15) is 5.75 Å². The Morgan fingerprint density at radius 3 is 2.75 bits per heavy atom. The van der Waals surface area contributed by atoms with Gasteiger partial charge in [-0.15, -0.1) is 0 Å². The van der Waals surface area contributed by atoms with Crippen molar-refractivity contribution in [2.45, 2.75) is 6.42 Å². The van der Waals surface area contributed by atoms with Crippen LogP contribution in [0, 0.1) is 0 Å². The van der Waals surface area contributed by atoms with Crippen molar-refractivity contribution in [2.24, 2.45) is 0 Å². The van der Waals surface area contributed by atoms with E-state index in [2.05, 4.69) is 26.1 Å². The van der Waals surface area contributed by atoms with Gasteiger partial charge in [-0.25, -0.2) is 4.79 Å².